The minimum absolute atomic E-state index is 0.646. The first-order chi connectivity index (χ1) is 9.27. The Morgan fingerprint density at radius 1 is 1.00 bits per heavy atom. The summed E-state index contributed by atoms with van der Waals surface area (Å²) < 4.78 is 0. The molecule has 1 rings (SSSR count). The predicted molar refractivity (Wildman–Crippen MR) is 88.6 cm³/mol. The van der Waals surface area contributed by atoms with E-state index in [-0.39, 0.29) is 0 Å². The average Bonchev–Trinajstić information content (AvgIpc) is 2.90. The standard InChI is InChI=1S/C16H32N2S/c1-3-5-9-13-18(14-10-6-4-2)16(19)17-15-11-7-8-12-15/h15H,3-14H2,1-2H3,(H,17,19). The van der Waals surface area contributed by atoms with Crippen LogP contribution >= 0.6 is 12.2 Å². The van der Waals surface area contributed by atoms with E-state index in [1.807, 2.05) is 0 Å². The van der Waals surface area contributed by atoms with Gasteiger partial charge in [0, 0.05) is 19.1 Å². The largest absolute Gasteiger partial charge is 0.360 e. The molecule has 3 heteroatoms. The topological polar surface area (TPSA) is 15.3 Å². The van der Waals surface area contributed by atoms with E-state index in [9.17, 15) is 0 Å². The van der Waals surface area contributed by atoms with Gasteiger partial charge in [-0.3, -0.25) is 0 Å². The van der Waals surface area contributed by atoms with Gasteiger partial charge in [0.2, 0.25) is 0 Å². The Bertz CT molecular complexity index is 227. The molecule has 1 saturated carbocycles. The fourth-order valence-electron chi connectivity index (χ4n) is 2.76. The molecule has 1 aliphatic rings. The molecule has 0 aromatic rings. The molecule has 0 heterocycles. The zero-order valence-electron chi connectivity index (χ0n) is 12.9. The van der Waals surface area contributed by atoms with Crippen LogP contribution in [0, 0.1) is 0 Å². The van der Waals surface area contributed by atoms with Gasteiger partial charge in [-0.15, -0.1) is 0 Å². The molecule has 19 heavy (non-hydrogen) atoms. The number of thiocarbonyl (C=S) groups is 1. The second-order valence-electron chi connectivity index (χ2n) is 5.83. The summed E-state index contributed by atoms with van der Waals surface area (Å²) in [5, 5.41) is 4.60. The van der Waals surface area contributed by atoms with Crippen LogP contribution in [0.1, 0.15) is 78.1 Å². The van der Waals surface area contributed by atoms with E-state index in [4.69, 9.17) is 12.2 Å². The maximum Gasteiger partial charge on any atom is 0.169 e. The molecule has 0 amide bonds. The Labute approximate surface area is 125 Å². The molecular weight excluding hydrogens is 252 g/mol. The molecule has 0 aliphatic heterocycles. The van der Waals surface area contributed by atoms with Gasteiger partial charge in [0.15, 0.2) is 5.11 Å². The van der Waals surface area contributed by atoms with Gasteiger partial charge in [0.1, 0.15) is 0 Å². The second-order valence-corrected chi connectivity index (χ2v) is 6.22. The Kier molecular flexibility index (Phi) is 9.23. The summed E-state index contributed by atoms with van der Waals surface area (Å²) in [6.45, 7) is 6.79. The number of nitrogens with zero attached hydrogens (tertiary/aromatic N) is 1. The number of unbranched alkanes of at least 4 members (excludes halogenated alkanes) is 4. The zero-order chi connectivity index (χ0) is 13.9. The Hall–Kier alpha value is -0.310. The molecule has 0 saturated heterocycles. The third-order valence-corrected chi connectivity index (χ3v) is 4.41. The molecule has 1 aliphatic carbocycles. The van der Waals surface area contributed by atoms with E-state index in [0.29, 0.717) is 6.04 Å². The lowest BCUT2D eigenvalue weighted by Gasteiger charge is -2.28. The molecule has 0 radical (unpaired) electrons. The number of nitrogens with one attached hydrogen (secondary N) is 1. The monoisotopic (exact) mass is 284 g/mol. The van der Waals surface area contributed by atoms with Gasteiger partial charge in [0.25, 0.3) is 0 Å². The van der Waals surface area contributed by atoms with E-state index in [1.165, 1.54) is 64.2 Å². The number of hydrogen-bond donors (Lipinski definition) is 1. The smallest absolute Gasteiger partial charge is 0.169 e. The van der Waals surface area contributed by atoms with Crippen molar-refractivity contribution < 1.29 is 0 Å². The minimum Gasteiger partial charge on any atom is -0.360 e. The third-order valence-electron chi connectivity index (χ3n) is 4.03. The molecule has 0 unspecified atom stereocenters. The second kappa shape index (κ2) is 10.5. The van der Waals surface area contributed by atoms with Crippen molar-refractivity contribution in [3.8, 4) is 0 Å². The Balaban J connectivity index is 2.33. The van der Waals surface area contributed by atoms with Gasteiger partial charge in [0.05, 0.1) is 0 Å². The maximum atomic E-state index is 5.63. The Morgan fingerprint density at radius 3 is 2.00 bits per heavy atom. The molecule has 0 bridgehead atoms. The van der Waals surface area contributed by atoms with Crippen LogP contribution in [0.3, 0.4) is 0 Å². The van der Waals surface area contributed by atoms with Crippen LogP contribution in [0.5, 0.6) is 0 Å². The molecule has 0 aromatic heterocycles. The van der Waals surface area contributed by atoms with E-state index >= 15 is 0 Å². The van der Waals surface area contributed by atoms with Crippen molar-refractivity contribution >= 4 is 17.3 Å². The average molecular weight is 285 g/mol. The molecular formula is C16H32N2S. The van der Waals surface area contributed by atoms with E-state index < -0.39 is 0 Å². The van der Waals surface area contributed by atoms with Gasteiger partial charge < -0.3 is 10.2 Å². The highest BCUT2D eigenvalue weighted by atomic mass is 32.1. The quantitative estimate of drug-likeness (QED) is 0.496. The molecule has 112 valence electrons. The van der Waals surface area contributed by atoms with Gasteiger partial charge in [-0.1, -0.05) is 52.4 Å². The van der Waals surface area contributed by atoms with Crippen molar-refractivity contribution in [3.63, 3.8) is 0 Å². The number of hydrogen-bond acceptors (Lipinski definition) is 1. The fourth-order valence-corrected chi connectivity index (χ4v) is 3.11. The van der Waals surface area contributed by atoms with Crippen LogP contribution in [0.25, 0.3) is 0 Å². The van der Waals surface area contributed by atoms with Crippen molar-refractivity contribution in [2.24, 2.45) is 0 Å². The van der Waals surface area contributed by atoms with Crippen LogP contribution in [-0.4, -0.2) is 29.1 Å². The molecule has 1 N–H and O–H groups in total. The summed E-state index contributed by atoms with van der Waals surface area (Å²) in [5.74, 6) is 0. The third kappa shape index (κ3) is 7.14. The van der Waals surface area contributed by atoms with Crippen molar-refractivity contribution in [3.05, 3.63) is 0 Å². The number of rotatable bonds is 9. The first kappa shape index (κ1) is 16.7. The molecule has 0 atom stereocenters. The lowest BCUT2D eigenvalue weighted by atomic mass is 10.2. The summed E-state index contributed by atoms with van der Waals surface area (Å²) >= 11 is 5.63. The minimum atomic E-state index is 0.646. The highest BCUT2D eigenvalue weighted by molar-refractivity contribution is 7.80. The van der Waals surface area contributed by atoms with Crippen molar-refractivity contribution in [2.75, 3.05) is 13.1 Å². The van der Waals surface area contributed by atoms with Gasteiger partial charge in [-0.05, 0) is 37.9 Å². The van der Waals surface area contributed by atoms with E-state index in [2.05, 4.69) is 24.1 Å². The lowest BCUT2D eigenvalue weighted by molar-refractivity contribution is 0.378. The lowest BCUT2D eigenvalue weighted by Crippen LogP contribution is -2.44. The summed E-state index contributed by atoms with van der Waals surface area (Å²) in [6, 6.07) is 0.646. The maximum absolute atomic E-state index is 5.63. The Morgan fingerprint density at radius 2 is 1.53 bits per heavy atom. The van der Waals surface area contributed by atoms with Gasteiger partial charge in [-0.2, -0.15) is 0 Å². The van der Waals surface area contributed by atoms with E-state index in [0.717, 1.165) is 18.2 Å². The summed E-state index contributed by atoms with van der Waals surface area (Å²) in [5.41, 5.74) is 0. The van der Waals surface area contributed by atoms with E-state index in [1.54, 1.807) is 0 Å². The van der Waals surface area contributed by atoms with Crippen LogP contribution in [0.15, 0.2) is 0 Å². The highest BCUT2D eigenvalue weighted by Crippen LogP contribution is 2.18. The zero-order valence-corrected chi connectivity index (χ0v) is 13.7. The van der Waals surface area contributed by atoms with Crippen molar-refractivity contribution in [1.82, 2.24) is 10.2 Å². The molecule has 0 spiro atoms. The highest BCUT2D eigenvalue weighted by Gasteiger charge is 2.18. The van der Waals surface area contributed by atoms with Crippen molar-refractivity contribution in [1.29, 1.82) is 0 Å². The van der Waals surface area contributed by atoms with Gasteiger partial charge >= 0.3 is 0 Å². The predicted octanol–water partition coefficient (Wildman–Crippen LogP) is 4.49. The SMILES string of the molecule is CCCCCN(CCCCC)C(=S)NC1CCCC1. The first-order valence-corrected chi connectivity index (χ1v) is 8.74. The van der Waals surface area contributed by atoms with Gasteiger partial charge in [-0.25, -0.2) is 0 Å². The normalized spacial score (nSPS) is 15.7. The van der Waals surface area contributed by atoms with Crippen LogP contribution in [0.2, 0.25) is 0 Å². The summed E-state index contributed by atoms with van der Waals surface area (Å²) in [7, 11) is 0. The van der Waals surface area contributed by atoms with Crippen LogP contribution in [-0.2, 0) is 0 Å². The summed E-state index contributed by atoms with van der Waals surface area (Å²) in [4.78, 5) is 2.42. The molecule has 0 aromatic carbocycles. The molecule has 1 fully saturated rings. The van der Waals surface area contributed by atoms with Crippen LogP contribution < -0.4 is 5.32 Å². The van der Waals surface area contributed by atoms with Crippen molar-refractivity contribution in [2.45, 2.75) is 84.1 Å². The first-order valence-electron chi connectivity index (χ1n) is 8.33. The molecule has 2 nitrogen and oxygen atoms in total. The van der Waals surface area contributed by atoms with Crippen LogP contribution in [0.4, 0.5) is 0 Å². The fraction of sp³-hybridized carbons (Fsp3) is 0.938. The summed E-state index contributed by atoms with van der Waals surface area (Å²) in [6.07, 6.45) is 13.1.